The molecule has 19 heavy (non-hydrogen) atoms. The summed E-state index contributed by atoms with van der Waals surface area (Å²) in [4.78, 5) is 12.2. The van der Waals surface area contributed by atoms with Crippen LogP contribution in [0, 0.1) is 29.1 Å². The minimum absolute atomic E-state index is 0.340. The lowest BCUT2D eigenvalue weighted by Gasteiger charge is -2.42. The van der Waals surface area contributed by atoms with Crippen molar-refractivity contribution in [2.45, 2.75) is 79.1 Å². The van der Waals surface area contributed by atoms with Crippen LogP contribution in [0.15, 0.2) is 0 Å². The Morgan fingerprint density at radius 1 is 1.21 bits per heavy atom. The zero-order chi connectivity index (χ0) is 14.0. The van der Waals surface area contributed by atoms with E-state index in [1.807, 2.05) is 0 Å². The van der Waals surface area contributed by atoms with E-state index in [0.29, 0.717) is 17.1 Å². The van der Waals surface area contributed by atoms with Gasteiger partial charge in [-0.25, -0.2) is 0 Å². The molecule has 1 nitrogen and oxygen atoms in total. The van der Waals surface area contributed by atoms with Gasteiger partial charge in [-0.15, -0.1) is 0 Å². The third kappa shape index (κ3) is 3.06. The predicted molar refractivity (Wildman–Crippen MR) is 81.0 cm³/mol. The van der Waals surface area contributed by atoms with Crippen LogP contribution in [0.5, 0.6) is 0 Å². The number of rotatable bonds is 5. The summed E-state index contributed by atoms with van der Waals surface area (Å²) in [7, 11) is 0. The van der Waals surface area contributed by atoms with Crippen molar-refractivity contribution in [3.63, 3.8) is 0 Å². The molecule has 2 unspecified atom stereocenters. The Bertz CT molecular complexity index is 320. The van der Waals surface area contributed by atoms with Gasteiger partial charge < -0.3 is 0 Å². The third-order valence-electron chi connectivity index (χ3n) is 6.06. The monoisotopic (exact) mass is 264 g/mol. The molecule has 1 heteroatoms. The minimum atomic E-state index is 0.340. The SMILES string of the molecule is CC(C)CCCC(C)C1CC[C@H]2C(=O)CCC[C@]12C. The lowest BCUT2D eigenvalue weighted by Crippen LogP contribution is -2.39. The molecule has 0 N–H and O–H groups in total. The second kappa shape index (κ2) is 5.97. The normalized spacial score (nSPS) is 36.6. The number of carbonyl (C=O) groups is 1. The summed E-state index contributed by atoms with van der Waals surface area (Å²) in [5.74, 6) is 3.41. The van der Waals surface area contributed by atoms with Crippen LogP contribution in [-0.4, -0.2) is 5.78 Å². The van der Waals surface area contributed by atoms with E-state index in [2.05, 4.69) is 27.7 Å². The zero-order valence-electron chi connectivity index (χ0n) is 13.4. The average molecular weight is 264 g/mol. The zero-order valence-corrected chi connectivity index (χ0v) is 13.4. The predicted octanol–water partition coefficient (Wildman–Crippen LogP) is 5.23. The van der Waals surface area contributed by atoms with Gasteiger partial charge >= 0.3 is 0 Å². The summed E-state index contributed by atoms with van der Waals surface area (Å²) in [6.45, 7) is 9.50. The highest BCUT2D eigenvalue weighted by molar-refractivity contribution is 5.83. The lowest BCUT2D eigenvalue weighted by molar-refractivity contribution is -0.130. The lowest BCUT2D eigenvalue weighted by atomic mass is 9.62. The van der Waals surface area contributed by atoms with Gasteiger partial charge in [-0.05, 0) is 48.9 Å². The Hall–Kier alpha value is -0.330. The molecule has 2 aliphatic rings. The first-order valence-corrected chi connectivity index (χ1v) is 8.48. The molecule has 0 saturated heterocycles. The maximum absolute atomic E-state index is 12.2. The van der Waals surface area contributed by atoms with Gasteiger partial charge in [0.2, 0.25) is 0 Å². The van der Waals surface area contributed by atoms with Crippen molar-refractivity contribution in [3.8, 4) is 0 Å². The smallest absolute Gasteiger partial charge is 0.136 e. The average Bonchev–Trinajstić information content (AvgIpc) is 2.67. The molecule has 0 radical (unpaired) electrons. The molecule has 0 heterocycles. The molecule has 0 aromatic carbocycles. The highest BCUT2D eigenvalue weighted by atomic mass is 16.1. The summed E-state index contributed by atoms with van der Waals surface area (Å²) in [6.07, 6.45) is 9.85. The molecule has 0 bridgehead atoms. The van der Waals surface area contributed by atoms with Gasteiger partial charge in [-0.3, -0.25) is 4.79 Å². The molecule has 0 amide bonds. The van der Waals surface area contributed by atoms with Crippen molar-refractivity contribution in [3.05, 3.63) is 0 Å². The fourth-order valence-corrected chi connectivity index (χ4v) is 4.95. The van der Waals surface area contributed by atoms with Crippen molar-refractivity contribution in [2.75, 3.05) is 0 Å². The van der Waals surface area contributed by atoms with Gasteiger partial charge in [-0.2, -0.15) is 0 Å². The van der Waals surface area contributed by atoms with E-state index in [1.54, 1.807) is 0 Å². The number of fused-ring (bicyclic) bond motifs is 1. The molecule has 2 saturated carbocycles. The van der Waals surface area contributed by atoms with Crippen molar-refractivity contribution >= 4 is 5.78 Å². The number of hydrogen-bond donors (Lipinski definition) is 0. The molecular weight excluding hydrogens is 232 g/mol. The highest BCUT2D eigenvalue weighted by Gasteiger charge is 2.52. The first-order valence-electron chi connectivity index (χ1n) is 8.48. The fraction of sp³-hybridized carbons (Fsp3) is 0.944. The van der Waals surface area contributed by atoms with Gasteiger partial charge in [0.05, 0.1) is 0 Å². The topological polar surface area (TPSA) is 17.1 Å². The van der Waals surface area contributed by atoms with Crippen LogP contribution in [0.3, 0.4) is 0 Å². The minimum Gasteiger partial charge on any atom is -0.299 e. The molecule has 0 spiro atoms. The first kappa shape index (κ1) is 15.1. The van der Waals surface area contributed by atoms with Crippen molar-refractivity contribution < 1.29 is 4.79 Å². The van der Waals surface area contributed by atoms with Gasteiger partial charge in [0, 0.05) is 12.3 Å². The van der Waals surface area contributed by atoms with E-state index in [4.69, 9.17) is 0 Å². The van der Waals surface area contributed by atoms with E-state index in [1.165, 1.54) is 38.5 Å². The molecule has 0 aromatic heterocycles. The summed E-state index contributed by atoms with van der Waals surface area (Å²) in [6, 6.07) is 0. The van der Waals surface area contributed by atoms with Gasteiger partial charge in [0.25, 0.3) is 0 Å². The summed E-state index contributed by atoms with van der Waals surface area (Å²) in [5.41, 5.74) is 0.340. The first-order chi connectivity index (χ1) is 8.95. The molecule has 0 aromatic rings. The summed E-state index contributed by atoms with van der Waals surface area (Å²) in [5, 5.41) is 0. The van der Waals surface area contributed by atoms with Crippen molar-refractivity contribution in [2.24, 2.45) is 29.1 Å². The second-order valence-corrected chi connectivity index (χ2v) is 7.86. The Morgan fingerprint density at radius 3 is 2.63 bits per heavy atom. The van der Waals surface area contributed by atoms with Gasteiger partial charge in [0.15, 0.2) is 0 Å². The number of Topliss-reactive ketones (excluding diaryl/α,β-unsaturated/α-hetero) is 1. The van der Waals surface area contributed by atoms with E-state index in [0.717, 1.165) is 30.6 Å². The Kier molecular flexibility index (Phi) is 4.74. The molecular formula is C18H32O. The number of hydrogen-bond acceptors (Lipinski definition) is 1. The quantitative estimate of drug-likeness (QED) is 0.664. The van der Waals surface area contributed by atoms with E-state index in [-0.39, 0.29) is 0 Å². The van der Waals surface area contributed by atoms with Crippen LogP contribution in [0.4, 0.5) is 0 Å². The Morgan fingerprint density at radius 2 is 1.95 bits per heavy atom. The van der Waals surface area contributed by atoms with Crippen LogP contribution in [0.2, 0.25) is 0 Å². The van der Waals surface area contributed by atoms with Gasteiger partial charge in [-0.1, -0.05) is 47.0 Å². The molecule has 110 valence electrons. The molecule has 4 atom stereocenters. The standard InChI is InChI=1S/C18H32O/c1-13(2)7-5-8-14(3)15-10-11-16-17(19)9-6-12-18(15,16)4/h13-16H,5-12H2,1-4H3/t14?,15?,16-,18+/m0/s1. The van der Waals surface area contributed by atoms with Crippen LogP contribution < -0.4 is 0 Å². The Labute approximate surface area is 119 Å². The molecule has 2 fully saturated rings. The van der Waals surface area contributed by atoms with E-state index in [9.17, 15) is 4.79 Å². The summed E-state index contributed by atoms with van der Waals surface area (Å²) < 4.78 is 0. The van der Waals surface area contributed by atoms with Gasteiger partial charge in [0.1, 0.15) is 5.78 Å². The van der Waals surface area contributed by atoms with E-state index >= 15 is 0 Å². The van der Waals surface area contributed by atoms with Crippen molar-refractivity contribution in [1.82, 2.24) is 0 Å². The number of ketones is 1. The van der Waals surface area contributed by atoms with Crippen LogP contribution in [-0.2, 0) is 4.79 Å². The summed E-state index contributed by atoms with van der Waals surface area (Å²) >= 11 is 0. The number of carbonyl (C=O) groups excluding carboxylic acids is 1. The van der Waals surface area contributed by atoms with Crippen LogP contribution in [0.25, 0.3) is 0 Å². The van der Waals surface area contributed by atoms with Crippen LogP contribution >= 0.6 is 0 Å². The van der Waals surface area contributed by atoms with E-state index < -0.39 is 0 Å². The maximum atomic E-state index is 12.2. The fourth-order valence-electron chi connectivity index (χ4n) is 4.95. The van der Waals surface area contributed by atoms with Crippen molar-refractivity contribution in [1.29, 1.82) is 0 Å². The Balaban J connectivity index is 1.95. The third-order valence-corrected chi connectivity index (χ3v) is 6.06. The largest absolute Gasteiger partial charge is 0.299 e. The molecule has 2 aliphatic carbocycles. The second-order valence-electron chi connectivity index (χ2n) is 7.86. The maximum Gasteiger partial charge on any atom is 0.136 e. The molecule has 2 rings (SSSR count). The highest BCUT2D eigenvalue weighted by Crippen LogP contribution is 2.57. The molecule has 0 aliphatic heterocycles. The van der Waals surface area contributed by atoms with Crippen LogP contribution in [0.1, 0.15) is 79.1 Å².